The van der Waals surface area contributed by atoms with E-state index in [4.69, 9.17) is 9.47 Å². The van der Waals surface area contributed by atoms with Crippen LogP contribution in [0.5, 0.6) is 11.8 Å². The Morgan fingerprint density at radius 1 is 0.611 bits per heavy atom. The molecule has 190 valence electrons. The molecule has 0 saturated heterocycles. The van der Waals surface area contributed by atoms with Gasteiger partial charge in [-0.2, -0.15) is 8.75 Å². The largest absolute Gasteiger partial charge is 0.475 e. The van der Waals surface area contributed by atoms with Crippen LogP contribution < -0.4 is 18.6 Å². The van der Waals surface area contributed by atoms with Crippen molar-refractivity contribution < 1.29 is 18.6 Å². The van der Waals surface area contributed by atoms with Crippen LogP contribution in [0, 0.1) is 0 Å². The van der Waals surface area contributed by atoms with Gasteiger partial charge in [-0.1, -0.05) is 38.5 Å². The quantitative estimate of drug-likeness (QED) is 0.161. The average Bonchev–Trinajstić information content (AvgIpc) is 3.54. The highest BCUT2D eigenvalue weighted by Gasteiger charge is 2.15. The van der Waals surface area contributed by atoms with Crippen molar-refractivity contribution in [3.8, 4) is 34.3 Å². The topological polar surface area (TPSA) is 77.8 Å². The third-order valence-electron chi connectivity index (χ3n) is 5.86. The molecule has 0 spiro atoms. The predicted molar refractivity (Wildman–Crippen MR) is 141 cm³/mol. The van der Waals surface area contributed by atoms with Gasteiger partial charge in [0.2, 0.25) is 0 Å². The van der Waals surface area contributed by atoms with Gasteiger partial charge in [-0.05, 0) is 25.0 Å². The minimum atomic E-state index is 0.645. The maximum Gasteiger partial charge on any atom is 0.254 e. The molecule has 0 unspecified atom stereocenters. The molecule has 4 heterocycles. The third-order valence-corrected chi connectivity index (χ3v) is 6.88. The van der Waals surface area contributed by atoms with Gasteiger partial charge < -0.3 is 9.47 Å². The molecule has 0 fully saturated rings. The van der Waals surface area contributed by atoms with Crippen LogP contribution in [0.15, 0.2) is 49.1 Å². The van der Waals surface area contributed by atoms with E-state index < -0.39 is 0 Å². The fourth-order valence-electron chi connectivity index (χ4n) is 3.96. The molecule has 0 radical (unpaired) electrons. The number of hydrogen-bond acceptors (Lipinski definition) is 8. The monoisotopic (exact) mass is 526 g/mol. The van der Waals surface area contributed by atoms with Gasteiger partial charge in [0.15, 0.2) is 36.2 Å². The van der Waals surface area contributed by atoms with E-state index in [1.165, 1.54) is 62.0 Å². The molecule has 0 N–H and O–H groups in total. The Morgan fingerprint density at radius 3 is 1.44 bits per heavy atom. The minimum Gasteiger partial charge on any atom is -0.475 e. The zero-order valence-corrected chi connectivity index (χ0v) is 22.6. The van der Waals surface area contributed by atoms with E-state index in [2.05, 4.69) is 17.5 Å². The molecule has 4 rings (SSSR count). The Morgan fingerprint density at radius 2 is 1.03 bits per heavy atom. The van der Waals surface area contributed by atoms with Crippen LogP contribution in [0.4, 0.5) is 0 Å². The summed E-state index contributed by atoms with van der Waals surface area (Å²) in [6.07, 6.45) is 17.5. The lowest BCUT2D eigenvalue weighted by Gasteiger charge is -2.06. The van der Waals surface area contributed by atoms with Crippen LogP contribution in [0.25, 0.3) is 22.5 Å². The lowest BCUT2D eigenvalue weighted by Crippen LogP contribution is -2.26. The first kappa shape index (κ1) is 26.1. The molecule has 0 aliphatic rings. The number of ether oxygens (including phenoxy) is 2. The fourth-order valence-corrected chi connectivity index (χ4v) is 5.00. The minimum absolute atomic E-state index is 0.645. The van der Waals surface area contributed by atoms with Gasteiger partial charge in [-0.25, -0.2) is 9.13 Å². The molecule has 0 aromatic carbocycles. The van der Waals surface area contributed by atoms with Gasteiger partial charge in [0, 0.05) is 12.1 Å². The van der Waals surface area contributed by atoms with Crippen molar-refractivity contribution in [3.05, 3.63) is 49.1 Å². The normalized spacial score (nSPS) is 11.1. The molecule has 36 heavy (non-hydrogen) atoms. The summed E-state index contributed by atoms with van der Waals surface area (Å²) in [5.74, 6) is 1.29. The number of nitrogens with zero attached hydrogens (tertiary/aromatic N) is 6. The zero-order chi connectivity index (χ0) is 25.0. The van der Waals surface area contributed by atoms with E-state index in [1.807, 2.05) is 72.3 Å². The molecule has 0 amide bonds. The predicted octanol–water partition coefficient (Wildman–Crippen LogP) is 4.95. The van der Waals surface area contributed by atoms with Crippen LogP contribution in [-0.4, -0.2) is 30.7 Å². The van der Waals surface area contributed by atoms with E-state index in [0.717, 1.165) is 35.4 Å². The van der Waals surface area contributed by atoms with Crippen LogP contribution in [-0.2, 0) is 14.1 Å². The van der Waals surface area contributed by atoms with Gasteiger partial charge >= 0.3 is 0 Å². The maximum absolute atomic E-state index is 5.92. The third kappa shape index (κ3) is 7.76. The molecule has 0 bridgehead atoms. The Hall–Kier alpha value is -2.98. The molecule has 0 atom stereocenters. The molecule has 4 aromatic heterocycles. The summed E-state index contributed by atoms with van der Waals surface area (Å²) in [7, 11) is 4.00. The number of pyridine rings is 2. The Balaban J connectivity index is 1.03. The summed E-state index contributed by atoms with van der Waals surface area (Å²) in [4.78, 5) is 0. The highest BCUT2D eigenvalue weighted by molar-refractivity contribution is 6.99. The second-order valence-corrected chi connectivity index (χ2v) is 9.93. The van der Waals surface area contributed by atoms with Gasteiger partial charge in [-0.3, -0.25) is 0 Å². The van der Waals surface area contributed by atoms with Gasteiger partial charge in [0.1, 0.15) is 14.1 Å². The molecule has 0 saturated carbocycles. The number of rotatable bonds is 15. The highest BCUT2D eigenvalue weighted by atomic mass is 32.1. The van der Waals surface area contributed by atoms with E-state index in [9.17, 15) is 0 Å². The summed E-state index contributed by atoms with van der Waals surface area (Å²) in [5.41, 5.74) is 3.72. The van der Waals surface area contributed by atoms with Crippen LogP contribution in [0.2, 0.25) is 0 Å². The number of hydrogen-bond donors (Lipinski definition) is 0. The van der Waals surface area contributed by atoms with E-state index in [1.54, 1.807) is 0 Å². The van der Waals surface area contributed by atoms with Crippen LogP contribution in [0.1, 0.15) is 51.4 Å². The standard InChI is InChI=1S/C26H34N6O2S2/c1-31-15-11-13-21(19-31)23-25(29-35-27-23)33-17-9-7-5-3-4-6-8-10-18-34-26-24(28-36-30-26)22-14-12-16-32(2)20-22/h11-16,19-20H,3-10,17-18H2,1-2H3/q+2. The highest BCUT2D eigenvalue weighted by Crippen LogP contribution is 2.28. The fraction of sp³-hybridized carbons (Fsp3) is 0.462. The zero-order valence-electron chi connectivity index (χ0n) is 21.0. The molecule has 8 nitrogen and oxygen atoms in total. The average molecular weight is 527 g/mol. The lowest BCUT2D eigenvalue weighted by atomic mass is 10.1. The van der Waals surface area contributed by atoms with Crippen molar-refractivity contribution in [2.45, 2.75) is 51.4 Å². The smallest absolute Gasteiger partial charge is 0.254 e. The SMILES string of the molecule is C[n+]1cccc(-c2nsnc2OCCCCCCCCCCOc2nsnc2-c2ccc[n+](C)c2)c1. The number of unbranched alkanes of at least 4 members (excludes halogenated alkanes) is 7. The van der Waals surface area contributed by atoms with E-state index in [-0.39, 0.29) is 0 Å². The van der Waals surface area contributed by atoms with Crippen molar-refractivity contribution in [3.63, 3.8) is 0 Å². The molecular formula is C26H34N6O2S2+2. The number of aromatic nitrogens is 6. The van der Waals surface area contributed by atoms with Gasteiger partial charge in [-0.15, -0.1) is 8.75 Å². The summed E-state index contributed by atoms with van der Waals surface area (Å²) >= 11 is 2.40. The number of aryl methyl sites for hydroxylation is 2. The lowest BCUT2D eigenvalue weighted by molar-refractivity contribution is -0.671. The first-order valence-corrected chi connectivity index (χ1v) is 14.0. The molecule has 4 aromatic rings. The van der Waals surface area contributed by atoms with Crippen molar-refractivity contribution in [2.24, 2.45) is 14.1 Å². The summed E-state index contributed by atoms with van der Waals surface area (Å²) < 4.78 is 33.3. The summed E-state index contributed by atoms with van der Waals surface area (Å²) in [5, 5.41) is 0. The van der Waals surface area contributed by atoms with Crippen molar-refractivity contribution in [1.29, 1.82) is 0 Å². The summed E-state index contributed by atoms with van der Waals surface area (Å²) in [6, 6.07) is 8.08. The van der Waals surface area contributed by atoms with E-state index >= 15 is 0 Å². The van der Waals surface area contributed by atoms with Crippen LogP contribution >= 0.6 is 23.5 Å². The molecule has 0 aliphatic carbocycles. The maximum atomic E-state index is 5.92. The summed E-state index contributed by atoms with van der Waals surface area (Å²) in [6.45, 7) is 1.37. The molecule has 10 heteroatoms. The molecule has 0 aliphatic heterocycles. The first-order chi connectivity index (χ1) is 17.7. The second kappa shape index (κ2) is 13.9. The first-order valence-electron chi connectivity index (χ1n) is 12.5. The van der Waals surface area contributed by atoms with Crippen LogP contribution in [0.3, 0.4) is 0 Å². The Labute approximate surface area is 221 Å². The van der Waals surface area contributed by atoms with Crippen molar-refractivity contribution in [2.75, 3.05) is 13.2 Å². The molecular weight excluding hydrogens is 492 g/mol. The van der Waals surface area contributed by atoms with Crippen molar-refractivity contribution >= 4 is 23.5 Å². The van der Waals surface area contributed by atoms with Gasteiger partial charge in [0.25, 0.3) is 11.8 Å². The van der Waals surface area contributed by atoms with Gasteiger partial charge in [0.05, 0.1) is 47.8 Å². The Kier molecular flexibility index (Phi) is 10.1. The Bertz CT molecular complexity index is 1120. The van der Waals surface area contributed by atoms with E-state index in [0.29, 0.717) is 25.0 Å². The second-order valence-electron chi connectivity index (χ2n) is 8.88. The van der Waals surface area contributed by atoms with Crippen molar-refractivity contribution in [1.82, 2.24) is 17.5 Å².